The minimum Gasteiger partial charge on any atom is -0.486 e. The molecule has 3 aromatic rings. The number of benzene rings is 3. The summed E-state index contributed by atoms with van der Waals surface area (Å²) in [4.78, 5) is 25.0. The van der Waals surface area contributed by atoms with E-state index < -0.39 is 11.8 Å². The molecule has 0 saturated carbocycles. The Labute approximate surface area is 158 Å². The summed E-state index contributed by atoms with van der Waals surface area (Å²) in [5, 5.41) is 3.92. The van der Waals surface area contributed by atoms with Crippen molar-refractivity contribution < 1.29 is 28.5 Å². The van der Waals surface area contributed by atoms with Crippen LogP contribution in [0.1, 0.15) is 20.7 Å². The highest BCUT2D eigenvalue weighted by molar-refractivity contribution is 6.28. The topological polar surface area (TPSA) is 83.1 Å². The smallest absolute Gasteiger partial charge is 0.259 e. The molecule has 0 unspecified atom stereocenters. The predicted molar refractivity (Wildman–Crippen MR) is 98.3 cm³/mol. The fraction of sp³-hybridized carbons (Fsp3) is 0.143. The largest absolute Gasteiger partial charge is 0.486 e. The number of amides is 2. The molecule has 0 fully saturated rings. The second-order valence-electron chi connectivity index (χ2n) is 6.71. The molecule has 0 atom stereocenters. The predicted octanol–water partition coefficient (Wildman–Crippen LogP) is 2.89. The second kappa shape index (κ2) is 5.39. The standard InChI is InChI=1S/C21H13NO6/c23-20-12-7-10-2-4-14-19(26-6-5-25-14)17(10)16(18(12)21(24)22-20)11-1-3-13-15(8-11)28-9-27-13/h1-4,7-8H,5-6,9H2,(H,22,23,24). The zero-order valence-corrected chi connectivity index (χ0v) is 14.5. The monoisotopic (exact) mass is 375 g/mol. The molecule has 3 aromatic carbocycles. The average Bonchev–Trinajstić information content (AvgIpc) is 3.30. The van der Waals surface area contributed by atoms with Gasteiger partial charge in [-0.05, 0) is 35.2 Å². The highest BCUT2D eigenvalue weighted by Crippen LogP contribution is 2.47. The highest BCUT2D eigenvalue weighted by Gasteiger charge is 2.34. The minimum atomic E-state index is -0.427. The lowest BCUT2D eigenvalue weighted by molar-refractivity contribution is 0.0880. The Kier molecular flexibility index (Phi) is 2.95. The van der Waals surface area contributed by atoms with E-state index in [0.717, 1.165) is 16.3 Å². The molecule has 0 aromatic heterocycles. The van der Waals surface area contributed by atoms with E-state index in [0.29, 0.717) is 52.9 Å². The molecule has 28 heavy (non-hydrogen) atoms. The Morgan fingerprint density at radius 2 is 1.57 bits per heavy atom. The summed E-state index contributed by atoms with van der Waals surface area (Å²) in [5.41, 5.74) is 2.04. The summed E-state index contributed by atoms with van der Waals surface area (Å²) in [6, 6.07) is 10.9. The third-order valence-corrected chi connectivity index (χ3v) is 5.17. The molecule has 7 nitrogen and oxygen atoms in total. The molecule has 2 amide bonds. The minimum absolute atomic E-state index is 0.151. The van der Waals surface area contributed by atoms with Crippen LogP contribution in [0, 0.1) is 0 Å². The van der Waals surface area contributed by atoms with E-state index in [1.54, 1.807) is 12.1 Å². The van der Waals surface area contributed by atoms with E-state index in [2.05, 4.69) is 5.32 Å². The van der Waals surface area contributed by atoms with Crippen molar-refractivity contribution in [2.45, 2.75) is 0 Å². The normalized spacial score (nSPS) is 16.3. The molecule has 3 aliphatic heterocycles. The van der Waals surface area contributed by atoms with Crippen molar-refractivity contribution in [1.82, 2.24) is 5.32 Å². The van der Waals surface area contributed by atoms with Gasteiger partial charge in [0.1, 0.15) is 13.2 Å². The first-order valence-corrected chi connectivity index (χ1v) is 8.86. The van der Waals surface area contributed by atoms with Crippen molar-refractivity contribution >= 4 is 22.6 Å². The SMILES string of the molecule is O=C1NC(=O)c2c1cc1ccc3c(c1c2-c1ccc2c(c1)OCO2)OCCO3. The van der Waals surface area contributed by atoms with Gasteiger partial charge in [-0.25, -0.2) is 0 Å². The van der Waals surface area contributed by atoms with Crippen LogP contribution in [0.4, 0.5) is 0 Å². The van der Waals surface area contributed by atoms with E-state index in [4.69, 9.17) is 18.9 Å². The molecule has 3 heterocycles. The first kappa shape index (κ1) is 15.3. The van der Waals surface area contributed by atoms with Crippen LogP contribution in [0.15, 0.2) is 36.4 Å². The summed E-state index contributed by atoms with van der Waals surface area (Å²) in [5.74, 6) is 1.59. The van der Waals surface area contributed by atoms with Crippen molar-refractivity contribution in [3.63, 3.8) is 0 Å². The molecular weight excluding hydrogens is 362 g/mol. The molecule has 0 saturated heterocycles. The molecule has 7 heteroatoms. The van der Waals surface area contributed by atoms with Crippen LogP contribution in [0.2, 0.25) is 0 Å². The summed E-state index contributed by atoms with van der Waals surface area (Å²) in [7, 11) is 0. The fourth-order valence-electron chi connectivity index (χ4n) is 3.99. The second-order valence-corrected chi connectivity index (χ2v) is 6.71. The quantitative estimate of drug-likeness (QED) is 0.659. The van der Waals surface area contributed by atoms with Gasteiger partial charge in [0.15, 0.2) is 23.0 Å². The summed E-state index contributed by atoms with van der Waals surface area (Å²) >= 11 is 0. The molecule has 0 bridgehead atoms. The maximum absolute atomic E-state index is 12.7. The number of imide groups is 1. The van der Waals surface area contributed by atoms with Crippen molar-refractivity contribution in [2.24, 2.45) is 0 Å². The van der Waals surface area contributed by atoms with Crippen LogP contribution in [0.3, 0.4) is 0 Å². The van der Waals surface area contributed by atoms with Crippen LogP contribution < -0.4 is 24.3 Å². The molecule has 138 valence electrons. The van der Waals surface area contributed by atoms with Crippen LogP contribution in [-0.4, -0.2) is 31.8 Å². The van der Waals surface area contributed by atoms with Gasteiger partial charge in [-0.1, -0.05) is 12.1 Å². The first-order valence-electron chi connectivity index (χ1n) is 8.86. The van der Waals surface area contributed by atoms with Gasteiger partial charge in [-0.2, -0.15) is 0 Å². The molecule has 3 aliphatic rings. The molecule has 0 aliphatic carbocycles. The maximum atomic E-state index is 12.7. The van der Waals surface area contributed by atoms with Crippen molar-refractivity contribution in [3.05, 3.63) is 47.5 Å². The summed E-state index contributed by atoms with van der Waals surface area (Å²) in [6.45, 7) is 1.02. The number of hydrogen-bond donors (Lipinski definition) is 1. The number of rotatable bonds is 1. The van der Waals surface area contributed by atoms with E-state index in [1.807, 2.05) is 24.3 Å². The van der Waals surface area contributed by atoms with E-state index >= 15 is 0 Å². The van der Waals surface area contributed by atoms with E-state index in [1.165, 1.54) is 0 Å². The Balaban J connectivity index is 1.75. The lowest BCUT2D eigenvalue weighted by Gasteiger charge is -2.22. The third kappa shape index (κ3) is 1.98. The molecule has 1 N–H and O–H groups in total. The number of carbonyl (C=O) groups excluding carboxylic acids is 2. The van der Waals surface area contributed by atoms with Crippen LogP contribution >= 0.6 is 0 Å². The summed E-state index contributed by atoms with van der Waals surface area (Å²) < 4.78 is 22.5. The Morgan fingerprint density at radius 1 is 0.750 bits per heavy atom. The van der Waals surface area contributed by atoms with Gasteiger partial charge in [-0.3, -0.25) is 14.9 Å². The number of fused-ring (bicyclic) bond motifs is 5. The number of hydrogen-bond acceptors (Lipinski definition) is 6. The number of nitrogens with one attached hydrogen (secondary N) is 1. The van der Waals surface area contributed by atoms with Crippen LogP contribution in [-0.2, 0) is 0 Å². The molecular formula is C21H13NO6. The van der Waals surface area contributed by atoms with Gasteiger partial charge >= 0.3 is 0 Å². The van der Waals surface area contributed by atoms with Crippen LogP contribution in [0.5, 0.6) is 23.0 Å². The summed E-state index contributed by atoms with van der Waals surface area (Å²) in [6.07, 6.45) is 0. The average molecular weight is 375 g/mol. The first-order chi connectivity index (χ1) is 13.7. The zero-order valence-electron chi connectivity index (χ0n) is 14.5. The number of ether oxygens (including phenoxy) is 4. The van der Waals surface area contributed by atoms with Crippen molar-refractivity contribution in [2.75, 3.05) is 20.0 Å². The number of carbonyl (C=O) groups is 2. The third-order valence-electron chi connectivity index (χ3n) is 5.17. The zero-order chi connectivity index (χ0) is 18.8. The highest BCUT2D eigenvalue weighted by atomic mass is 16.7. The van der Waals surface area contributed by atoms with E-state index in [-0.39, 0.29) is 6.79 Å². The van der Waals surface area contributed by atoms with E-state index in [9.17, 15) is 9.59 Å². The van der Waals surface area contributed by atoms with Gasteiger partial charge in [-0.15, -0.1) is 0 Å². The van der Waals surface area contributed by atoms with Gasteiger partial charge in [0.25, 0.3) is 11.8 Å². The maximum Gasteiger partial charge on any atom is 0.259 e. The Morgan fingerprint density at radius 3 is 2.50 bits per heavy atom. The molecule has 0 radical (unpaired) electrons. The van der Waals surface area contributed by atoms with Crippen LogP contribution in [0.25, 0.3) is 21.9 Å². The lowest BCUT2D eigenvalue weighted by atomic mass is 9.89. The molecule has 0 spiro atoms. The van der Waals surface area contributed by atoms with Gasteiger partial charge < -0.3 is 18.9 Å². The van der Waals surface area contributed by atoms with Crippen molar-refractivity contribution in [3.8, 4) is 34.1 Å². The Hall–Kier alpha value is -3.74. The Bertz CT molecular complexity index is 1220. The van der Waals surface area contributed by atoms with Gasteiger partial charge in [0.2, 0.25) is 6.79 Å². The fourth-order valence-corrected chi connectivity index (χ4v) is 3.99. The van der Waals surface area contributed by atoms with Gasteiger partial charge in [0.05, 0.1) is 11.1 Å². The van der Waals surface area contributed by atoms with Crippen molar-refractivity contribution in [1.29, 1.82) is 0 Å². The van der Waals surface area contributed by atoms with Gasteiger partial charge in [0, 0.05) is 10.9 Å². The lowest BCUT2D eigenvalue weighted by Crippen LogP contribution is -2.20. The molecule has 6 rings (SSSR count).